The molecule has 0 aromatic rings. The highest BCUT2D eigenvalue weighted by Gasteiger charge is 2.46. The smallest absolute Gasteiger partial charge is 0.206 e. The molecule has 1 saturated heterocycles. The summed E-state index contributed by atoms with van der Waals surface area (Å²) in [7, 11) is 1.61. The predicted octanol–water partition coefficient (Wildman–Crippen LogP) is 1.50. The Hall–Kier alpha value is -0.460. The molecule has 120 valence electrons. The highest BCUT2D eigenvalue weighted by Crippen LogP contribution is 2.46. The number of hydroxylamine groups is 1. The molecule has 2 aliphatic carbocycles. The maximum absolute atomic E-state index is 10.0. The number of rotatable bonds is 5. The molecular weight excluding hydrogens is 270 g/mol. The van der Waals surface area contributed by atoms with Gasteiger partial charge >= 0.3 is 0 Å². The van der Waals surface area contributed by atoms with Gasteiger partial charge in [-0.05, 0) is 57.3 Å². The first kappa shape index (κ1) is 15.4. The second-order valence-corrected chi connectivity index (χ2v) is 6.76. The average molecular weight is 297 g/mol. The molecule has 3 N–H and O–H groups in total. The van der Waals surface area contributed by atoms with Crippen molar-refractivity contribution in [3.8, 4) is 0 Å². The molecule has 1 heterocycles. The van der Waals surface area contributed by atoms with Crippen LogP contribution in [0.1, 0.15) is 45.4 Å². The van der Waals surface area contributed by atoms with Crippen molar-refractivity contribution in [2.24, 2.45) is 11.8 Å². The molecule has 3 rings (SSSR count). The Labute approximate surface area is 126 Å². The molecule has 3 fully saturated rings. The normalized spacial score (nSPS) is 42.6. The molecule has 0 aromatic carbocycles. The summed E-state index contributed by atoms with van der Waals surface area (Å²) in [4.78, 5) is 5.07. The lowest BCUT2D eigenvalue weighted by Gasteiger charge is -2.40. The number of hydrogen-bond acceptors (Lipinski definition) is 5. The van der Waals surface area contributed by atoms with Gasteiger partial charge in [0.2, 0.25) is 6.29 Å². The van der Waals surface area contributed by atoms with Crippen molar-refractivity contribution >= 4 is 0 Å². The Morgan fingerprint density at radius 3 is 2.57 bits per heavy atom. The summed E-state index contributed by atoms with van der Waals surface area (Å²) < 4.78 is 5.61. The van der Waals surface area contributed by atoms with Gasteiger partial charge in [-0.1, -0.05) is 11.1 Å². The van der Waals surface area contributed by atoms with Crippen LogP contribution in [0, 0.1) is 11.8 Å². The Balaban J connectivity index is 1.46. The SMILES string of the molecule is CNOC1OC(CC2CC(C(C)=C3CCC3)C2)C(O)C1O. The third kappa shape index (κ3) is 3.03. The van der Waals surface area contributed by atoms with Crippen LogP contribution in [0.5, 0.6) is 0 Å². The lowest BCUT2D eigenvalue weighted by atomic mass is 9.67. The molecule has 0 radical (unpaired) electrons. The Kier molecular flexibility index (Phi) is 4.66. The molecule has 3 aliphatic rings. The minimum Gasteiger partial charge on any atom is -0.387 e. The van der Waals surface area contributed by atoms with Gasteiger partial charge in [0, 0.05) is 7.05 Å². The van der Waals surface area contributed by atoms with Crippen LogP contribution in [0.3, 0.4) is 0 Å². The van der Waals surface area contributed by atoms with Crippen LogP contribution in [-0.2, 0) is 9.57 Å². The van der Waals surface area contributed by atoms with Crippen molar-refractivity contribution in [1.82, 2.24) is 5.48 Å². The monoisotopic (exact) mass is 297 g/mol. The summed E-state index contributed by atoms with van der Waals surface area (Å²) >= 11 is 0. The number of aliphatic hydroxyl groups excluding tert-OH is 2. The van der Waals surface area contributed by atoms with E-state index in [2.05, 4.69) is 12.4 Å². The number of allylic oxidation sites excluding steroid dienone is 2. The molecule has 4 atom stereocenters. The van der Waals surface area contributed by atoms with Crippen molar-refractivity contribution in [3.05, 3.63) is 11.1 Å². The van der Waals surface area contributed by atoms with Gasteiger partial charge in [0.05, 0.1) is 6.10 Å². The molecule has 0 amide bonds. The predicted molar refractivity (Wildman–Crippen MR) is 78.2 cm³/mol. The minimum atomic E-state index is -0.975. The van der Waals surface area contributed by atoms with Crippen LogP contribution in [0.25, 0.3) is 0 Å². The Morgan fingerprint density at radius 2 is 2.00 bits per heavy atom. The zero-order chi connectivity index (χ0) is 15.0. The topological polar surface area (TPSA) is 71.0 Å². The van der Waals surface area contributed by atoms with Gasteiger partial charge < -0.3 is 14.9 Å². The third-order valence-electron chi connectivity index (χ3n) is 5.48. The second kappa shape index (κ2) is 6.34. The Morgan fingerprint density at radius 1 is 1.29 bits per heavy atom. The fourth-order valence-electron chi connectivity index (χ4n) is 3.77. The number of aliphatic hydroxyl groups is 2. The number of hydrogen-bond donors (Lipinski definition) is 3. The minimum absolute atomic E-state index is 0.319. The third-order valence-corrected chi connectivity index (χ3v) is 5.48. The number of ether oxygens (including phenoxy) is 1. The van der Waals surface area contributed by atoms with Gasteiger partial charge in [0.25, 0.3) is 0 Å². The molecule has 2 saturated carbocycles. The lowest BCUT2D eigenvalue weighted by Crippen LogP contribution is -2.36. The first-order valence-corrected chi connectivity index (χ1v) is 8.12. The van der Waals surface area contributed by atoms with Crippen molar-refractivity contribution in [2.45, 2.75) is 70.1 Å². The van der Waals surface area contributed by atoms with Crippen molar-refractivity contribution in [2.75, 3.05) is 7.05 Å². The fourth-order valence-corrected chi connectivity index (χ4v) is 3.77. The van der Waals surface area contributed by atoms with Crippen LogP contribution < -0.4 is 5.48 Å². The lowest BCUT2D eigenvalue weighted by molar-refractivity contribution is -0.196. The van der Waals surface area contributed by atoms with Crippen LogP contribution in [-0.4, -0.2) is 41.9 Å². The van der Waals surface area contributed by atoms with E-state index in [1.54, 1.807) is 18.2 Å². The summed E-state index contributed by atoms with van der Waals surface area (Å²) in [6, 6.07) is 0. The summed E-state index contributed by atoms with van der Waals surface area (Å²) in [6.45, 7) is 2.29. The average Bonchev–Trinajstić information content (AvgIpc) is 2.60. The fraction of sp³-hybridized carbons (Fsp3) is 0.875. The Bertz CT molecular complexity index is 399. The van der Waals surface area contributed by atoms with E-state index >= 15 is 0 Å². The van der Waals surface area contributed by atoms with E-state index in [4.69, 9.17) is 9.57 Å². The van der Waals surface area contributed by atoms with Crippen LogP contribution in [0.2, 0.25) is 0 Å². The van der Waals surface area contributed by atoms with E-state index in [1.807, 2.05) is 0 Å². The molecule has 21 heavy (non-hydrogen) atoms. The maximum Gasteiger partial charge on any atom is 0.206 e. The second-order valence-electron chi connectivity index (χ2n) is 6.76. The molecule has 5 heteroatoms. The van der Waals surface area contributed by atoms with Gasteiger partial charge in [0.1, 0.15) is 12.2 Å². The molecule has 0 bridgehead atoms. The first-order valence-electron chi connectivity index (χ1n) is 8.12. The van der Waals surface area contributed by atoms with Crippen LogP contribution in [0.15, 0.2) is 11.1 Å². The van der Waals surface area contributed by atoms with E-state index in [1.165, 1.54) is 32.1 Å². The van der Waals surface area contributed by atoms with E-state index in [0.29, 0.717) is 5.92 Å². The van der Waals surface area contributed by atoms with Gasteiger partial charge in [0.15, 0.2) is 0 Å². The molecule has 4 unspecified atom stereocenters. The van der Waals surface area contributed by atoms with Gasteiger partial charge in [-0.15, -0.1) is 0 Å². The van der Waals surface area contributed by atoms with Crippen molar-refractivity contribution in [1.29, 1.82) is 0 Å². The van der Waals surface area contributed by atoms with Gasteiger partial charge in [-0.25, -0.2) is 5.48 Å². The summed E-state index contributed by atoms with van der Waals surface area (Å²) in [5.74, 6) is 1.32. The largest absolute Gasteiger partial charge is 0.387 e. The van der Waals surface area contributed by atoms with Crippen molar-refractivity contribution in [3.63, 3.8) is 0 Å². The van der Waals surface area contributed by atoms with Crippen molar-refractivity contribution < 1.29 is 19.8 Å². The number of nitrogens with one attached hydrogen (secondary N) is 1. The molecular formula is C16H27NO4. The summed E-state index contributed by atoms with van der Waals surface area (Å²) in [5.41, 5.74) is 5.79. The zero-order valence-corrected chi connectivity index (χ0v) is 12.9. The van der Waals surface area contributed by atoms with E-state index in [0.717, 1.165) is 12.3 Å². The van der Waals surface area contributed by atoms with Crippen LogP contribution in [0.4, 0.5) is 0 Å². The highest BCUT2D eigenvalue weighted by atomic mass is 16.8. The molecule has 0 spiro atoms. The van der Waals surface area contributed by atoms with E-state index in [9.17, 15) is 10.2 Å². The summed E-state index contributed by atoms with van der Waals surface area (Å²) in [5, 5.41) is 19.9. The van der Waals surface area contributed by atoms with Crippen LogP contribution >= 0.6 is 0 Å². The maximum atomic E-state index is 10.0. The molecule has 0 aromatic heterocycles. The standard InChI is InChI=1S/C16H27NO4/c1-9(11-4-3-5-11)12-6-10(7-12)8-13-14(18)15(19)16(20-13)21-17-2/h10,12-19H,3-8H2,1-2H3. The first-order chi connectivity index (χ1) is 10.1. The quantitative estimate of drug-likeness (QED) is 0.530. The molecule has 5 nitrogen and oxygen atoms in total. The van der Waals surface area contributed by atoms with E-state index in [-0.39, 0.29) is 6.10 Å². The van der Waals surface area contributed by atoms with E-state index < -0.39 is 18.5 Å². The summed E-state index contributed by atoms with van der Waals surface area (Å²) in [6.07, 6.45) is 4.22. The van der Waals surface area contributed by atoms with Gasteiger partial charge in [-0.3, -0.25) is 4.84 Å². The molecule has 1 aliphatic heterocycles. The highest BCUT2D eigenvalue weighted by molar-refractivity contribution is 5.22. The zero-order valence-electron chi connectivity index (χ0n) is 12.9. The van der Waals surface area contributed by atoms with Gasteiger partial charge in [-0.2, -0.15) is 0 Å².